The molecule has 2 rings (SSSR count). The summed E-state index contributed by atoms with van der Waals surface area (Å²) in [4.78, 5) is 29.4. The van der Waals surface area contributed by atoms with Crippen LogP contribution in [-0.4, -0.2) is 19.5 Å². The predicted molar refractivity (Wildman–Crippen MR) is 67.6 cm³/mol. The third-order valence-corrected chi connectivity index (χ3v) is 2.40. The van der Waals surface area contributed by atoms with Crippen LogP contribution >= 0.6 is 0 Å². The molecule has 0 aliphatic carbocycles. The van der Waals surface area contributed by atoms with E-state index < -0.39 is 16.0 Å². The number of aromatic nitrogens is 3. The molecule has 0 fully saturated rings. The third-order valence-electron chi connectivity index (χ3n) is 2.40. The number of nitro groups is 1. The fraction of sp³-hybridized carbons (Fsp3) is 0.182. The van der Waals surface area contributed by atoms with Crippen molar-refractivity contribution in [3.8, 4) is 0 Å². The maximum atomic E-state index is 11.3. The van der Waals surface area contributed by atoms with Crippen molar-refractivity contribution in [2.75, 3.05) is 5.73 Å². The fourth-order valence-electron chi connectivity index (χ4n) is 1.64. The molecule has 0 aromatic carbocycles. The summed E-state index contributed by atoms with van der Waals surface area (Å²) in [6, 6.07) is 2.76. The Morgan fingerprint density at radius 2 is 2.21 bits per heavy atom. The number of nitrogen functional groups attached to an aromatic ring is 1. The highest BCUT2D eigenvalue weighted by Crippen LogP contribution is 2.06. The summed E-state index contributed by atoms with van der Waals surface area (Å²) in [7, 11) is 0. The molecule has 2 heterocycles. The number of nitrogens with zero attached hydrogens (tertiary/aromatic N) is 4. The number of nitrogens with two attached hydrogens (primary N) is 1. The monoisotopic (exact) mass is 261 g/mol. The first-order chi connectivity index (χ1) is 8.95. The van der Waals surface area contributed by atoms with Crippen LogP contribution in [0.25, 0.3) is 0 Å². The van der Waals surface area contributed by atoms with Crippen molar-refractivity contribution < 1.29 is 4.92 Å². The standard InChI is InChI=1S/C11H11N5O3/c1-7-4-10(12)14-11(13-7)6-15-3-2-9(17)8(5-15)16(18)19/h2-5H,6H2,1H3,(H2,12,13,14). The molecular weight excluding hydrogens is 250 g/mol. The molecule has 0 spiro atoms. The summed E-state index contributed by atoms with van der Waals surface area (Å²) in [6.45, 7) is 1.97. The summed E-state index contributed by atoms with van der Waals surface area (Å²) in [5.41, 5.74) is 5.19. The number of hydrogen-bond donors (Lipinski definition) is 1. The smallest absolute Gasteiger partial charge is 0.332 e. The van der Waals surface area contributed by atoms with Gasteiger partial charge in [-0.1, -0.05) is 0 Å². The Kier molecular flexibility index (Phi) is 3.23. The minimum absolute atomic E-state index is 0.201. The second-order valence-corrected chi connectivity index (χ2v) is 3.97. The molecule has 0 saturated heterocycles. The van der Waals surface area contributed by atoms with Gasteiger partial charge >= 0.3 is 5.69 Å². The molecule has 8 heteroatoms. The van der Waals surface area contributed by atoms with Crippen molar-refractivity contribution in [2.45, 2.75) is 13.5 Å². The van der Waals surface area contributed by atoms with Gasteiger partial charge in [0.25, 0.3) is 5.43 Å². The van der Waals surface area contributed by atoms with E-state index in [9.17, 15) is 14.9 Å². The van der Waals surface area contributed by atoms with Crippen molar-refractivity contribution >= 4 is 11.5 Å². The second kappa shape index (κ2) is 4.84. The molecule has 0 bridgehead atoms. The van der Waals surface area contributed by atoms with Crippen LogP contribution in [0.5, 0.6) is 0 Å². The summed E-state index contributed by atoms with van der Waals surface area (Å²) >= 11 is 0. The molecule has 0 unspecified atom stereocenters. The SMILES string of the molecule is Cc1cc(N)nc(Cn2ccc(=O)c([N+](=O)[O-])c2)n1. The van der Waals surface area contributed by atoms with Gasteiger partial charge < -0.3 is 10.3 Å². The minimum atomic E-state index is -0.718. The van der Waals surface area contributed by atoms with Gasteiger partial charge in [-0.2, -0.15) is 0 Å². The van der Waals surface area contributed by atoms with E-state index in [4.69, 9.17) is 5.73 Å². The Hall–Kier alpha value is -2.77. The first-order valence-electron chi connectivity index (χ1n) is 5.40. The molecule has 0 radical (unpaired) electrons. The van der Waals surface area contributed by atoms with Crippen molar-refractivity contribution in [3.05, 3.63) is 56.4 Å². The van der Waals surface area contributed by atoms with Gasteiger partial charge in [0.2, 0.25) is 0 Å². The number of rotatable bonds is 3. The average molecular weight is 261 g/mol. The van der Waals surface area contributed by atoms with Crippen molar-refractivity contribution in [2.24, 2.45) is 0 Å². The van der Waals surface area contributed by atoms with Crippen LogP contribution < -0.4 is 11.2 Å². The number of hydrogen-bond acceptors (Lipinski definition) is 6. The highest BCUT2D eigenvalue weighted by atomic mass is 16.6. The Labute approximate surface area is 107 Å². The topological polar surface area (TPSA) is 117 Å². The van der Waals surface area contributed by atoms with Gasteiger partial charge in [0, 0.05) is 24.0 Å². The van der Waals surface area contributed by atoms with E-state index in [-0.39, 0.29) is 6.54 Å². The lowest BCUT2D eigenvalue weighted by molar-refractivity contribution is -0.386. The van der Waals surface area contributed by atoms with E-state index in [1.807, 2.05) is 0 Å². The van der Waals surface area contributed by atoms with Crippen LogP contribution in [0.15, 0.2) is 29.3 Å². The highest BCUT2D eigenvalue weighted by molar-refractivity contribution is 5.29. The van der Waals surface area contributed by atoms with E-state index in [2.05, 4.69) is 9.97 Å². The normalized spacial score (nSPS) is 10.4. The maximum absolute atomic E-state index is 11.3. The third kappa shape index (κ3) is 2.92. The Balaban J connectivity index is 2.36. The summed E-state index contributed by atoms with van der Waals surface area (Å²) < 4.78 is 1.47. The number of pyridine rings is 1. The van der Waals surface area contributed by atoms with Crippen LogP contribution in [0.2, 0.25) is 0 Å². The first kappa shape index (κ1) is 12.7. The van der Waals surface area contributed by atoms with Crippen LogP contribution in [-0.2, 0) is 6.54 Å². The molecule has 2 aromatic rings. The van der Waals surface area contributed by atoms with E-state index in [0.717, 1.165) is 12.3 Å². The van der Waals surface area contributed by atoms with Gasteiger partial charge in [-0.15, -0.1) is 0 Å². The molecule has 0 saturated carbocycles. The van der Waals surface area contributed by atoms with Crippen LogP contribution in [0.3, 0.4) is 0 Å². The first-order valence-corrected chi connectivity index (χ1v) is 5.40. The van der Waals surface area contributed by atoms with Gasteiger partial charge in [0.15, 0.2) is 5.82 Å². The molecule has 98 valence electrons. The van der Waals surface area contributed by atoms with Gasteiger partial charge in [0.1, 0.15) is 5.82 Å². The van der Waals surface area contributed by atoms with E-state index in [1.165, 1.54) is 10.8 Å². The quantitative estimate of drug-likeness (QED) is 0.634. The maximum Gasteiger partial charge on any atom is 0.332 e. The zero-order chi connectivity index (χ0) is 14.0. The van der Waals surface area contributed by atoms with Gasteiger partial charge in [0.05, 0.1) is 17.7 Å². The lowest BCUT2D eigenvalue weighted by Gasteiger charge is -2.06. The molecule has 8 nitrogen and oxygen atoms in total. The van der Waals surface area contributed by atoms with Crippen molar-refractivity contribution in [1.29, 1.82) is 0 Å². The van der Waals surface area contributed by atoms with E-state index in [0.29, 0.717) is 17.3 Å². The van der Waals surface area contributed by atoms with E-state index in [1.54, 1.807) is 13.0 Å². The zero-order valence-corrected chi connectivity index (χ0v) is 10.1. The van der Waals surface area contributed by atoms with Crippen LogP contribution in [0.4, 0.5) is 11.5 Å². The van der Waals surface area contributed by atoms with Gasteiger partial charge in [-0.3, -0.25) is 14.9 Å². The molecule has 0 atom stereocenters. The predicted octanol–water partition coefficient (Wildman–Crippen LogP) is 0.485. The summed E-state index contributed by atoms with van der Waals surface area (Å²) in [5, 5.41) is 10.7. The molecule has 0 aliphatic heterocycles. The van der Waals surface area contributed by atoms with E-state index >= 15 is 0 Å². The lowest BCUT2D eigenvalue weighted by Crippen LogP contribution is -2.13. The number of aryl methyl sites for hydroxylation is 1. The average Bonchev–Trinajstić information content (AvgIpc) is 2.30. The molecule has 0 amide bonds. The molecule has 19 heavy (non-hydrogen) atoms. The number of anilines is 1. The Bertz CT molecular complexity index is 675. The molecule has 2 N–H and O–H groups in total. The van der Waals surface area contributed by atoms with Crippen LogP contribution in [0, 0.1) is 17.0 Å². The second-order valence-electron chi connectivity index (χ2n) is 3.97. The molecule has 2 aromatic heterocycles. The van der Waals surface area contributed by atoms with Gasteiger partial charge in [-0.25, -0.2) is 9.97 Å². The fourth-order valence-corrected chi connectivity index (χ4v) is 1.64. The molecule has 0 aliphatic rings. The lowest BCUT2D eigenvalue weighted by atomic mass is 10.4. The zero-order valence-electron chi connectivity index (χ0n) is 10.1. The van der Waals surface area contributed by atoms with Gasteiger partial charge in [-0.05, 0) is 6.92 Å². The minimum Gasteiger partial charge on any atom is -0.384 e. The van der Waals surface area contributed by atoms with Crippen LogP contribution in [0.1, 0.15) is 11.5 Å². The highest BCUT2D eigenvalue weighted by Gasteiger charge is 2.12. The Morgan fingerprint density at radius 3 is 2.84 bits per heavy atom. The Morgan fingerprint density at radius 1 is 1.47 bits per heavy atom. The molecular formula is C11H11N5O3. The summed E-state index contributed by atoms with van der Waals surface area (Å²) in [5.74, 6) is 0.758. The largest absolute Gasteiger partial charge is 0.384 e. The van der Waals surface area contributed by atoms with Crippen molar-refractivity contribution in [3.63, 3.8) is 0 Å². The van der Waals surface area contributed by atoms with Crippen molar-refractivity contribution in [1.82, 2.24) is 14.5 Å². The summed E-state index contributed by atoms with van der Waals surface area (Å²) in [6.07, 6.45) is 2.60.